The number of hydrogen-bond acceptors (Lipinski definition) is 4. The van der Waals surface area contributed by atoms with Crippen molar-refractivity contribution in [3.8, 4) is 5.75 Å². The second-order valence-electron chi connectivity index (χ2n) is 5.00. The molecule has 1 aliphatic rings. The largest absolute Gasteiger partial charge is 0.493 e. The highest BCUT2D eigenvalue weighted by Crippen LogP contribution is 2.35. The molecule has 0 aliphatic carbocycles. The molecule has 0 saturated carbocycles. The maximum absolute atomic E-state index is 11.0. The van der Waals surface area contributed by atoms with Gasteiger partial charge in [-0.2, -0.15) is 11.8 Å². The quantitative estimate of drug-likeness (QED) is 0.752. The number of para-hydroxylation sites is 1. The molecule has 2 N–H and O–H groups in total. The fraction of sp³-hybridized carbons (Fsp3) is 0.467. The average molecular weight is 309 g/mol. The number of fused-ring (bicyclic) bond motifs is 1. The van der Waals surface area contributed by atoms with Crippen LogP contribution in [0.15, 0.2) is 24.3 Å². The van der Waals surface area contributed by atoms with Gasteiger partial charge in [0.05, 0.1) is 6.61 Å². The number of amides is 1. The first-order chi connectivity index (χ1) is 10.1. The maximum atomic E-state index is 11.0. The first-order valence-corrected chi connectivity index (χ1v) is 8.02. The molecule has 0 radical (unpaired) electrons. The van der Waals surface area contributed by atoms with Crippen molar-refractivity contribution in [2.24, 2.45) is 0 Å². The Morgan fingerprint density at radius 1 is 1.48 bits per heavy atom. The summed E-state index contributed by atoms with van der Waals surface area (Å²) in [5.74, 6) is 1.59. The lowest BCUT2D eigenvalue weighted by Gasteiger charge is -2.13. The van der Waals surface area contributed by atoms with Crippen molar-refractivity contribution in [2.45, 2.75) is 25.3 Å². The van der Waals surface area contributed by atoms with E-state index in [0.717, 1.165) is 11.5 Å². The highest BCUT2D eigenvalue weighted by Gasteiger charge is 2.24. The van der Waals surface area contributed by atoms with E-state index in [1.165, 1.54) is 12.5 Å². The molecule has 0 saturated heterocycles. The first kappa shape index (κ1) is 15.7. The highest BCUT2D eigenvalue weighted by molar-refractivity contribution is 7.99. The van der Waals surface area contributed by atoms with Gasteiger partial charge in [-0.3, -0.25) is 4.79 Å². The third kappa shape index (κ3) is 4.39. The van der Waals surface area contributed by atoms with Crippen molar-refractivity contribution in [2.75, 3.05) is 18.1 Å². The Balaban J connectivity index is 1.75. The number of carbonyl (C=O) groups excluding carboxylic acids is 1. The first-order valence-electron chi connectivity index (χ1n) is 6.87. The van der Waals surface area contributed by atoms with Gasteiger partial charge in [0.15, 0.2) is 0 Å². The van der Waals surface area contributed by atoms with E-state index in [1.807, 2.05) is 18.2 Å². The van der Waals surface area contributed by atoms with Crippen LogP contribution < -0.4 is 10.1 Å². The molecule has 1 heterocycles. The van der Waals surface area contributed by atoms with Gasteiger partial charge < -0.3 is 15.2 Å². The van der Waals surface area contributed by atoms with Crippen LogP contribution in [-0.4, -0.2) is 41.1 Å². The average Bonchev–Trinajstić information content (AvgIpc) is 2.85. The predicted octanol–water partition coefficient (Wildman–Crippen LogP) is 1.88. The smallest absolute Gasteiger partial charge is 0.326 e. The number of aliphatic carboxylic acids is 1. The molecule has 2 atom stereocenters. The van der Waals surface area contributed by atoms with Gasteiger partial charge in [0.2, 0.25) is 5.91 Å². The molecule has 1 aromatic carbocycles. The molecule has 6 heteroatoms. The summed E-state index contributed by atoms with van der Waals surface area (Å²) in [7, 11) is 0. The molecule has 114 valence electrons. The van der Waals surface area contributed by atoms with E-state index < -0.39 is 12.0 Å². The summed E-state index contributed by atoms with van der Waals surface area (Å²) in [5.41, 5.74) is 1.22. The predicted molar refractivity (Wildman–Crippen MR) is 81.9 cm³/mol. The van der Waals surface area contributed by atoms with E-state index in [9.17, 15) is 9.59 Å². The van der Waals surface area contributed by atoms with Crippen LogP contribution in [0.3, 0.4) is 0 Å². The summed E-state index contributed by atoms with van der Waals surface area (Å²) < 4.78 is 5.62. The van der Waals surface area contributed by atoms with Gasteiger partial charge in [-0.1, -0.05) is 18.2 Å². The molecule has 0 spiro atoms. The van der Waals surface area contributed by atoms with Crippen LogP contribution in [0.4, 0.5) is 0 Å². The normalized spacial score (nSPS) is 17.7. The number of rotatable bonds is 7. The van der Waals surface area contributed by atoms with Crippen molar-refractivity contribution in [3.05, 3.63) is 29.8 Å². The van der Waals surface area contributed by atoms with Gasteiger partial charge in [0.1, 0.15) is 11.8 Å². The van der Waals surface area contributed by atoms with Crippen LogP contribution >= 0.6 is 11.8 Å². The molecule has 5 nitrogen and oxygen atoms in total. The molecule has 0 aromatic heterocycles. The third-order valence-corrected chi connectivity index (χ3v) is 4.51. The molecule has 21 heavy (non-hydrogen) atoms. The number of hydrogen-bond donors (Lipinski definition) is 2. The summed E-state index contributed by atoms with van der Waals surface area (Å²) in [6, 6.07) is 7.20. The fourth-order valence-corrected chi connectivity index (χ4v) is 3.43. The molecule has 0 bridgehead atoms. The molecule has 1 aliphatic heterocycles. The number of thioether (sulfide) groups is 1. The standard InChI is InChI=1S/C15H19NO4S/c1-10(17)16-13(15(18)19)6-7-21-9-11-8-20-14-5-3-2-4-12(11)14/h2-5,11,13H,6-9H2,1H3,(H,16,17)(H,18,19). The van der Waals surface area contributed by atoms with E-state index in [1.54, 1.807) is 11.8 Å². The Kier molecular flexibility index (Phi) is 5.50. The summed E-state index contributed by atoms with van der Waals surface area (Å²) in [6.45, 7) is 2.01. The van der Waals surface area contributed by atoms with Crippen molar-refractivity contribution < 1.29 is 19.4 Å². The highest BCUT2D eigenvalue weighted by atomic mass is 32.2. The number of ether oxygens (including phenoxy) is 1. The van der Waals surface area contributed by atoms with Crippen LogP contribution in [0.2, 0.25) is 0 Å². The maximum Gasteiger partial charge on any atom is 0.326 e. The number of nitrogens with one attached hydrogen (secondary N) is 1. The molecular weight excluding hydrogens is 290 g/mol. The second kappa shape index (κ2) is 7.36. The molecule has 1 aromatic rings. The van der Waals surface area contributed by atoms with Gasteiger partial charge in [-0.15, -0.1) is 0 Å². The zero-order valence-electron chi connectivity index (χ0n) is 11.9. The monoisotopic (exact) mass is 309 g/mol. The lowest BCUT2D eigenvalue weighted by molar-refractivity contribution is -0.141. The number of carbonyl (C=O) groups is 2. The Morgan fingerprint density at radius 3 is 2.95 bits per heavy atom. The minimum absolute atomic E-state index is 0.314. The molecule has 0 fully saturated rings. The Bertz CT molecular complexity index is 520. The van der Waals surface area contributed by atoms with E-state index in [0.29, 0.717) is 24.7 Å². The van der Waals surface area contributed by atoms with Crippen LogP contribution in [0.1, 0.15) is 24.8 Å². The Hall–Kier alpha value is -1.69. The van der Waals surface area contributed by atoms with Crippen LogP contribution in [0.25, 0.3) is 0 Å². The number of benzene rings is 1. The zero-order chi connectivity index (χ0) is 15.2. The minimum atomic E-state index is -0.986. The SMILES string of the molecule is CC(=O)NC(CCSCC1COc2ccccc21)C(=O)O. The minimum Gasteiger partial charge on any atom is -0.493 e. The topological polar surface area (TPSA) is 75.6 Å². The summed E-state index contributed by atoms with van der Waals surface area (Å²) in [6.07, 6.45) is 0.425. The van der Waals surface area contributed by atoms with Crippen LogP contribution in [0.5, 0.6) is 5.75 Å². The molecular formula is C15H19NO4S. The third-order valence-electron chi connectivity index (χ3n) is 3.34. The Labute approximate surface area is 128 Å². The van der Waals surface area contributed by atoms with Gasteiger partial charge in [-0.05, 0) is 18.2 Å². The zero-order valence-corrected chi connectivity index (χ0v) is 12.7. The van der Waals surface area contributed by atoms with E-state index in [2.05, 4.69) is 11.4 Å². The van der Waals surface area contributed by atoms with Gasteiger partial charge >= 0.3 is 5.97 Å². The summed E-state index contributed by atoms with van der Waals surface area (Å²) in [4.78, 5) is 21.9. The molecule has 2 rings (SSSR count). The fourth-order valence-electron chi connectivity index (χ4n) is 2.30. The second-order valence-corrected chi connectivity index (χ2v) is 6.15. The van der Waals surface area contributed by atoms with Crippen molar-refractivity contribution in [3.63, 3.8) is 0 Å². The lowest BCUT2D eigenvalue weighted by atomic mass is 10.0. The van der Waals surface area contributed by atoms with Crippen LogP contribution in [0, 0.1) is 0 Å². The van der Waals surface area contributed by atoms with E-state index in [4.69, 9.17) is 9.84 Å². The van der Waals surface area contributed by atoms with Crippen molar-refractivity contribution >= 4 is 23.6 Å². The Morgan fingerprint density at radius 2 is 2.24 bits per heavy atom. The van der Waals surface area contributed by atoms with Crippen LogP contribution in [-0.2, 0) is 9.59 Å². The summed E-state index contributed by atoms with van der Waals surface area (Å²) >= 11 is 1.69. The van der Waals surface area contributed by atoms with E-state index >= 15 is 0 Å². The number of carboxylic acid groups (broad SMARTS) is 1. The van der Waals surface area contributed by atoms with E-state index in [-0.39, 0.29) is 5.91 Å². The molecule has 2 unspecified atom stereocenters. The lowest BCUT2D eigenvalue weighted by Crippen LogP contribution is -2.39. The summed E-state index contributed by atoms with van der Waals surface area (Å²) in [5, 5.41) is 11.5. The van der Waals surface area contributed by atoms with Crippen molar-refractivity contribution in [1.82, 2.24) is 5.32 Å². The molecule has 1 amide bonds. The van der Waals surface area contributed by atoms with Gasteiger partial charge in [0.25, 0.3) is 0 Å². The number of carboxylic acids is 1. The van der Waals surface area contributed by atoms with Gasteiger partial charge in [0, 0.05) is 24.2 Å². The van der Waals surface area contributed by atoms with Crippen molar-refractivity contribution in [1.29, 1.82) is 0 Å². The van der Waals surface area contributed by atoms with Gasteiger partial charge in [-0.25, -0.2) is 4.79 Å².